The fourth-order valence-corrected chi connectivity index (χ4v) is 5.29. The molecule has 0 spiro atoms. The highest BCUT2D eigenvalue weighted by Gasteiger charge is 2.28. The molecule has 1 aliphatic heterocycles. The van der Waals surface area contributed by atoms with Crippen LogP contribution in [0.25, 0.3) is 10.1 Å². The second kappa shape index (κ2) is 5.18. The van der Waals surface area contributed by atoms with Crippen molar-refractivity contribution in [2.75, 3.05) is 18.1 Å². The Morgan fingerprint density at radius 3 is 2.85 bits per heavy atom. The van der Waals surface area contributed by atoms with E-state index in [0.717, 1.165) is 10.1 Å². The Morgan fingerprint density at radius 2 is 2.15 bits per heavy atom. The molecule has 1 N–H and O–H groups in total. The summed E-state index contributed by atoms with van der Waals surface area (Å²) in [6.45, 7) is 0.437. The molecule has 106 valence electrons. The topological polar surface area (TPSA) is 63.2 Å². The summed E-state index contributed by atoms with van der Waals surface area (Å²) in [5, 5.41) is 3.91. The summed E-state index contributed by atoms with van der Waals surface area (Å²) in [6.07, 6.45) is 0.648. The lowest BCUT2D eigenvalue weighted by molar-refractivity contribution is 0.0952. The van der Waals surface area contributed by atoms with Crippen molar-refractivity contribution < 1.29 is 13.2 Å². The summed E-state index contributed by atoms with van der Waals surface area (Å²) in [7, 11) is -2.88. The van der Waals surface area contributed by atoms with Gasteiger partial charge in [-0.3, -0.25) is 4.79 Å². The van der Waals surface area contributed by atoms with Crippen molar-refractivity contribution in [3.63, 3.8) is 0 Å². The fourth-order valence-electron chi connectivity index (χ4n) is 2.45. The van der Waals surface area contributed by atoms with Crippen LogP contribution in [-0.4, -0.2) is 32.4 Å². The van der Waals surface area contributed by atoms with Crippen molar-refractivity contribution in [2.45, 2.75) is 6.42 Å². The van der Waals surface area contributed by atoms with Crippen LogP contribution in [0.5, 0.6) is 0 Å². The highest BCUT2D eigenvalue weighted by Crippen LogP contribution is 2.25. The number of carbonyl (C=O) groups excluding carboxylic acids is 1. The first-order chi connectivity index (χ1) is 9.53. The van der Waals surface area contributed by atoms with Crippen molar-refractivity contribution in [1.29, 1.82) is 0 Å². The summed E-state index contributed by atoms with van der Waals surface area (Å²) in [5.74, 6) is 0.379. The maximum absolute atomic E-state index is 12.1. The Labute approximate surface area is 121 Å². The van der Waals surface area contributed by atoms with E-state index in [1.807, 2.05) is 30.3 Å². The lowest BCUT2D eigenvalue weighted by Crippen LogP contribution is -2.29. The lowest BCUT2D eigenvalue weighted by atomic mass is 10.1. The van der Waals surface area contributed by atoms with E-state index in [9.17, 15) is 13.2 Å². The van der Waals surface area contributed by atoms with Gasteiger partial charge in [-0.2, -0.15) is 0 Å². The van der Waals surface area contributed by atoms with E-state index in [1.54, 1.807) is 0 Å². The van der Waals surface area contributed by atoms with Gasteiger partial charge in [-0.1, -0.05) is 18.2 Å². The summed E-state index contributed by atoms with van der Waals surface area (Å²) in [5.41, 5.74) is 0. The zero-order chi connectivity index (χ0) is 14.2. The molecule has 2 aromatic rings. The minimum atomic E-state index is -2.88. The summed E-state index contributed by atoms with van der Waals surface area (Å²) < 4.78 is 23.8. The predicted octanol–water partition coefficient (Wildman–Crippen LogP) is 2.07. The number of fused-ring (bicyclic) bond motifs is 1. The van der Waals surface area contributed by atoms with Gasteiger partial charge in [0.1, 0.15) is 0 Å². The normalized spacial score (nSPS) is 21.1. The van der Waals surface area contributed by atoms with Crippen LogP contribution in [-0.2, 0) is 9.84 Å². The second-order valence-corrected chi connectivity index (χ2v) is 8.44. The molecule has 0 bridgehead atoms. The third-order valence-corrected chi connectivity index (χ3v) is 6.48. The standard InChI is InChI=1S/C14H15NO3S2/c16-14(15-8-10-5-6-20(17,18)9-10)13-7-11-3-1-2-4-12(11)19-13/h1-4,7,10H,5-6,8-9H2,(H,15,16). The molecular formula is C14H15NO3S2. The second-order valence-electron chi connectivity index (χ2n) is 5.13. The van der Waals surface area contributed by atoms with Crippen LogP contribution in [0.3, 0.4) is 0 Å². The molecule has 2 heterocycles. The molecule has 1 fully saturated rings. The quantitative estimate of drug-likeness (QED) is 0.944. The number of benzene rings is 1. The zero-order valence-electron chi connectivity index (χ0n) is 10.8. The third kappa shape index (κ3) is 2.86. The molecule has 1 atom stereocenters. The average molecular weight is 309 g/mol. The number of sulfone groups is 1. The van der Waals surface area contributed by atoms with E-state index in [2.05, 4.69) is 5.32 Å². The molecule has 0 aliphatic carbocycles. The van der Waals surface area contributed by atoms with Crippen LogP contribution < -0.4 is 5.32 Å². The summed E-state index contributed by atoms with van der Waals surface area (Å²) in [4.78, 5) is 12.8. The van der Waals surface area contributed by atoms with Gasteiger partial charge < -0.3 is 5.32 Å². The fraction of sp³-hybridized carbons (Fsp3) is 0.357. The van der Waals surface area contributed by atoms with E-state index in [0.29, 0.717) is 17.8 Å². The minimum absolute atomic E-state index is 0.0540. The van der Waals surface area contributed by atoms with Gasteiger partial charge in [-0.15, -0.1) is 11.3 Å². The molecule has 1 unspecified atom stereocenters. The van der Waals surface area contributed by atoms with Crippen molar-refractivity contribution in [1.82, 2.24) is 5.32 Å². The van der Waals surface area contributed by atoms with Gasteiger partial charge in [-0.25, -0.2) is 8.42 Å². The maximum Gasteiger partial charge on any atom is 0.261 e. The van der Waals surface area contributed by atoms with Gasteiger partial charge in [0.05, 0.1) is 16.4 Å². The predicted molar refractivity (Wildman–Crippen MR) is 80.9 cm³/mol. The molecule has 1 aliphatic rings. The lowest BCUT2D eigenvalue weighted by Gasteiger charge is -2.08. The number of carbonyl (C=O) groups is 1. The Bertz CT molecular complexity index is 716. The molecule has 6 heteroatoms. The molecule has 1 amide bonds. The molecule has 1 aromatic heterocycles. The van der Waals surface area contributed by atoms with Gasteiger partial charge in [0.15, 0.2) is 9.84 Å². The smallest absolute Gasteiger partial charge is 0.261 e. The molecule has 1 aromatic carbocycles. The van der Waals surface area contributed by atoms with Gasteiger partial charge >= 0.3 is 0 Å². The number of hydrogen-bond donors (Lipinski definition) is 1. The first-order valence-electron chi connectivity index (χ1n) is 6.51. The van der Waals surface area contributed by atoms with Gasteiger partial charge in [-0.05, 0) is 29.9 Å². The summed E-state index contributed by atoms with van der Waals surface area (Å²) in [6, 6.07) is 9.73. The third-order valence-electron chi connectivity index (χ3n) is 3.53. The van der Waals surface area contributed by atoms with Gasteiger partial charge in [0.2, 0.25) is 0 Å². The minimum Gasteiger partial charge on any atom is -0.351 e. The highest BCUT2D eigenvalue weighted by atomic mass is 32.2. The Kier molecular flexibility index (Phi) is 3.52. The Balaban J connectivity index is 1.65. The van der Waals surface area contributed by atoms with E-state index < -0.39 is 9.84 Å². The van der Waals surface area contributed by atoms with Crippen molar-refractivity contribution in [3.8, 4) is 0 Å². The van der Waals surface area contributed by atoms with Crippen molar-refractivity contribution >= 4 is 37.2 Å². The molecule has 4 nitrogen and oxygen atoms in total. The van der Waals surface area contributed by atoms with E-state index in [4.69, 9.17) is 0 Å². The van der Waals surface area contributed by atoms with Crippen molar-refractivity contribution in [3.05, 3.63) is 35.2 Å². The number of amides is 1. The monoisotopic (exact) mass is 309 g/mol. The number of rotatable bonds is 3. The number of hydrogen-bond acceptors (Lipinski definition) is 4. The summed E-state index contributed by atoms with van der Waals surface area (Å²) >= 11 is 1.46. The number of thiophene rings is 1. The van der Waals surface area contributed by atoms with Crippen LogP contribution in [0.2, 0.25) is 0 Å². The molecule has 1 saturated heterocycles. The molecule has 0 saturated carbocycles. The van der Waals surface area contributed by atoms with E-state index in [1.165, 1.54) is 11.3 Å². The van der Waals surface area contributed by atoms with Crippen LogP contribution in [0.1, 0.15) is 16.1 Å². The van der Waals surface area contributed by atoms with Crippen molar-refractivity contribution in [2.24, 2.45) is 5.92 Å². The first-order valence-corrected chi connectivity index (χ1v) is 9.14. The largest absolute Gasteiger partial charge is 0.351 e. The average Bonchev–Trinajstić information content (AvgIpc) is 2.99. The maximum atomic E-state index is 12.1. The van der Waals surface area contributed by atoms with Crippen LogP contribution in [0.4, 0.5) is 0 Å². The molecular weight excluding hydrogens is 294 g/mol. The van der Waals surface area contributed by atoms with Crippen LogP contribution >= 0.6 is 11.3 Å². The van der Waals surface area contributed by atoms with E-state index in [-0.39, 0.29) is 23.3 Å². The van der Waals surface area contributed by atoms with Crippen LogP contribution in [0, 0.1) is 5.92 Å². The molecule has 20 heavy (non-hydrogen) atoms. The van der Waals surface area contributed by atoms with Crippen LogP contribution in [0.15, 0.2) is 30.3 Å². The molecule has 3 rings (SSSR count). The molecule has 0 radical (unpaired) electrons. The highest BCUT2D eigenvalue weighted by molar-refractivity contribution is 7.91. The zero-order valence-corrected chi connectivity index (χ0v) is 12.5. The first kappa shape index (κ1) is 13.6. The van der Waals surface area contributed by atoms with E-state index >= 15 is 0 Å². The Hall–Kier alpha value is -1.40. The van der Waals surface area contributed by atoms with Gasteiger partial charge in [0, 0.05) is 11.2 Å². The van der Waals surface area contributed by atoms with Gasteiger partial charge in [0.25, 0.3) is 5.91 Å². The number of nitrogens with one attached hydrogen (secondary N) is 1. The SMILES string of the molecule is O=C(NCC1CCS(=O)(=O)C1)c1cc2ccccc2s1. The Morgan fingerprint density at radius 1 is 1.35 bits per heavy atom.